The predicted octanol–water partition coefficient (Wildman–Crippen LogP) is 4.33. The standard InChI is InChI=1S/C16H17ClFN/c1-2-13-5-3-4-6-14(13)11-19-10-12-7-8-16(18)15(17)9-12/h3-9,19H,2,10-11H2,1H3. The zero-order valence-electron chi connectivity index (χ0n) is 10.9. The second-order valence-corrected chi connectivity index (χ2v) is 4.88. The molecule has 2 aromatic carbocycles. The van der Waals surface area contributed by atoms with Crippen LogP contribution in [0.4, 0.5) is 4.39 Å². The van der Waals surface area contributed by atoms with E-state index in [4.69, 9.17) is 11.6 Å². The summed E-state index contributed by atoms with van der Waals surface area (Å²) in [6, 6.07) is 13.2. The minimum Gasteiger partial charge on any atom is -0.309 e. The summed E-state index contributed by atoms with van der Waals surface area (Å²) in [5.74, 6) is -0.373. The number of hydrogen-bond acceptors (Lipinski definition) is 1. The smallest absolute Gasteiger partial charge is 0.141 e. The third-order valence-corrected chi connectivity index (χ3v) is 3.42. The molecule has 3 heteroatoms. The van der Waals surface area contributed by atoms with E-state index in [1.54, 1.807) is 12.1 Å². The molecule has 0 aliphatic heterocycles. The van der Waals surface area contributed by atoms with E-state index in [2.05, 4.69) is 30.4 Å². The van der Waals surface area contributed by atoms with Gasteiger partial charge < -0.3 is 5.32 Å². The van der Waals surface area contributed by atoms with E-state index >= 15 is 0 Å². The van der Waals surface area contributed by atoms with Crippen LogP contribution in [0, 0.1) is 5.82 Å². The van der Waals surface area contributed by atoms with Gasteiger partial charge in [-0.05, 0) is 35.2 Å². The third-order valence-electron chi connectivity index (χ3n) is 3.13. The number of halogens is 2. The lowest BCUT2D eigenvalue weighted by Gasteiger charge is -2.09. The Morgan fingerprint density at radius 1 is 1.05 bits per heavy atom. The quantitative estimate of drug-likeness (QED) is 0.858. The Kier molecular flexibility index (Phi) is 4.94. The fourth-order valence-corrected chi connectivity index (χ4v) is 2.27. The minimum absolute atomic E-state index is 0.174. The van der Waals surface area contributed by atoms with Crippen molar-refractivity contribution < 1.29 is 4.39 Å². The molecule has 2 aromatic rings. The van der Waals surface area contributed by atoms with E-state index in [1.807, 2.05) is 6.07 Å². The lowest BCUT2D eigenvalue weighted by Crippen LogP contribution is -2.14. The van der Waals surface area contributed by atoms with Crippen LogP contribution >= 0.6 is 11.6 Å². The second-order valence-electron chi connectivity index (χ2n) is 4.47. The first-order valence-corrected chi connectivity index (χ1v) is 6.80. The lowest BCUT2D eigenvalue weighted by molar-refractivity contribution is 0.625. The molecule has 1 nitrogen and oxygen atoms in total. The van der Waals surface area contributed by atoms with Crippen LogP contribution < -0.4 is 5.32 Å². The van der Waals surface area contributed by atoms with Gasteiger partial charge in [-0.1, -0.05) is 48.9 Å². The zero-order chi connectivity index (χ0) is 13.7. The fraction of sp³-hybridized carbons (Fsp3) is 0.250. The minimum atomic E-state index is -0.373. The highest BCUT2D eigenvalue weighted by Gasteiger charge is 2.02. The summed E-state index contributed by atoms with van der Waals surface area (Å²) in [5, 5.41) is 3.53. The van der Waals surface area contributed by atoms with Crippen LogP contribution in [0.25, 0.3) is 0 Å². The molecule has 0 fully saturated rings. The van der Waals surface area contributed by atoms with E-state index in [-0.39, 0.29) is 10.8 Å². The zero-order valence-corrected chi connectivity index (χ0v) is 11.7. The predicted molar refractivity (Wildman–Crippen MR) is 77.8 cm³/mol. The van der Waals surface area contributed by atoms with Crippen LogP contribution in [-0.2, 0) is 19.5 Å². The van der Waals surface area contributed by atoms with Crippen LogP contribution in [0.1, 0.15) is 23.6 Å². The van der Waals surface area contributed by atoms with Crippen LogP contribution in [0.2, 0.25) is 5.02 Å². The number of aryl methyl sites for hydroxylation is 1. The van der Waals surface area contributed by atoms with Crippen molar-refractivity contribution in [1.82, 2.24) is 5.32 Å². The molecule has 2 rings (SSSR count). The molecule has 1 N–H and O–H groups in total. The summed E-state index contributed by atoms with van der Waals surface area (Å²) in [6.45, 7) is 3.63. The van der Waals surface area contributed by atoms with Gasteiger partial charge in [-0.15, -0.1) is 0 Å². The molecule has 0 atom stereocenters. The number of nitrogens with one attached hydrogen (secondary N) is 1. The summed E-state index contributed by atoms with van der Waals surface area (Å²) in [7, 11) is 0. The average molecular weight is 278 g/mol. The Hall–Kier alpha value is -1.38. The lowest BCUT2D eigenvalue weighted by atomic mass is 10.1. The Bertz CT molecular complexity index is 554. The van der Waals surface area contributed by atoms with Crippen LogP contribution in [-0.4, -0.2) is 0 Å². The van der Waals surface area contributed by atoms with Crippen molar-refractivity contribution in [2.24, 2.45) is 0 Å². The molecule has 0 saturated heterocycles. The molecule has 0 amide bonds. The van der Waals surface area contributed by atoms with Gasteiger partial charge in [0.15, 0.2) is 0 Å². The largest absolute Gasteiger partial charge is 0.309 e. The van der Waals surface area contributed by atoms with Crippen LogP contribution in [0.3, 0.4) is 0 Å². The molecule has 0 spiro atoms. The van der Waals surface area contributed by atoms with E-state index < -0.39 is 0 Å². The number of rotatable bonds is 5. The Balaban J connectivity index is 1.94. The van der Waals surface area contributed by atoms with E-state index in [9.17, 15) is 4.39 Å². The summed E-state index contributed by atoms with van der Waals surface area (Å²) >= 11 is 5.75. The van der Waals surface area contributed by atoms with Gasteiger partial charge in [0.2, 0.25) is 0 Å². The van der Waals surface area contributed by atoms with Gasteiger partial charge in [-0.25, -0.2) is 4.39 Å². The summed E-state index contributed by atoms with van der Waals surface area (Å²) in [5.41, 5.74) is 3.64. The maximum Gasteiger partial charge on any atom is 0.141 e. The first kappa shape index (κ1) is 14.0. The molecule has 100 valence electrons. The molecular weight excluding hydrogens is 261 g/mol. The van der Waals surface area contributed by atoms with Crippen molar-refractivity contribution in [2.75, 3.05) is 0 Å². The molecule has 0 aromatic heterocycles. The number of hydrogen-bond donors (Lipinski definition) is 1. The van der Waals surface area contributed by atoms with Gasteiger partial charge >= 0.3 is 0 Å². The molecule has 0 aliphatic rings. The third kappa shape index (κ3) is 3.79. The molecule has 0 saturated carbocycles. The van der Waals surface area contributed by atoms with E-state index in [0.29, 0.717) is 6.54 Å². The highest BCUT2D eigenvalue weighted by atomic mass is 35.5. The molecule has 0 unspecified atom stereocenters. The normalized spacial score (nSPS) is 10.7. The van der Waals surface area contributed by atoms with Crippen LogP contribution in [0.15, 0.2) is 42.5 Å². The average Bonchev–Trinajstić information content (AvgIpc) is 2.43. The topological polar surface area (TPSA) is 12.0 Å². The van der Waals surface area contributed by atoms with Crippen LogP contribution in [0.5, 0.6) is 0 Å². The first-order valence-electron chi connectivity index (χ1n) is 6.42. The van der Waals surface area contributed by atoms with E-state index in [0.717, 1.165) is 18.5 Å². The highest BCUT2D eigenvalue weighted by Crippen LogP contribution is 2.16. The summed E-state index contributed by atoms with van der Waals surface area (Å²) < 4.78 is 13.0. The first-order chi connectivity index (χ1) is 9.20. The van der Waals surface area contributed by atoms with Gasteiger partial charge in [-0.3, -0.25) is 0 Å². The Morgan fingerprint density at radius 2 is 1.79 bits per heavy atom. The second kappa shape index (κ2) is 6.69. The van der Waals surface area contributed by atoms with E-state index in [1.165, 1.54) is 17.2 Å². The summed E-state index contributed by atoms with van der Waals surface area (Å²) in [6.07, 6.45) is 1.03. The molecule has 0 radical (unpaired) electrons. The van der Waals surface area contributed by atoms with Gasteiger partial charge in [0.1, 0.15) is 5.82 Å². The van der Waals surface area contributed by atoms with Gasteiger partial charge in [-0.2, -0.15) is 0 Å². The molecule has 0 heterocycles. The Labute approximate surface area is 118 Å². The SMILES string of the molecule is CCc1ccccc1CNCc1ccc(F)c(Cl)c1. The molecular formula is C16H17ClFN. The van der Waals surface area contributed by atoms with Gasteiger partial charge in [0.05, 0.1) is 5.02 Å². The molecule has 0 aliphatic carbocycles. The van der Waals surface area contributed by atoms with Crippen molar-refractivity contribution in [1.29, 1.82) is 0 Å². The fourth-order valence-electron chi connectivity index (χ4n) is 2.07. The van der Waals surface area contributed by atoms with Crippen molar-refractivity contribution in [3.8, 4) is 0 Å². The summed E-state index contributed by atoms with van der Waals surface area (Å²) in [4.78, 5) is 0. The van der Waals surface area contributed by atoms with Crippen molar-refractivity contribution in [3.63, 3.8) is 0 Å². The van der Waals surface area contributed by atoms with Gasteiger partial charge in [0, 0.05) is 13.1 Å². The van der Waals surface area contributed by atoms with Crippen molar-refractivity contribution in [2.45, 2.75) is 26.4 Å². The maximum absolute atomic E-state index is 13.0. The Morgan fingerprint density at radius 3 is 2.47 bits per heavy atom. The maximum atomic E-state index is 13.0. The monoisotopic (exact) mass is 277 g/mol. The highest BCUT2D eigenvalue weighted by molar-refractivity contribution is 6.30. The molecule has 0 bridgehead atoms. The van der Waals surface area contributed by atoms with Crippen molar-refractivity contribution >= 4 is 11.6 Å². The van der Waals surface area contributed by atoms with Gasteiger partial charge in [0.25, 0.3) is 0 Å². The number of benzene rings is 2. The molecule has 19 heavy (non-hydrogen) atoms. The van der Waals surface area contributed by atoms with Crippen molar-refractivity contribution in [3.05, 3.63) is 70.0 Å².